The van der Waals surface area contributed by atoms with Gasteiger partial charge in [-0.05, 0) is 18.2 Å². The third-order valence-corrected chi connectivity index (χ3v) is 4.48. The molecule has 0 fully saturated rings. The molecule has 0 bridgehead atoms. The molecule has 1 aromatic carbocycles. The Morgan fingerprint density at radius 2 is 1.58 bits per heavy atom. The highest BCUT2D eigenvalue weighted by Crippen LogP contribution is 2.40. The predicted molar refractivity (Wildman–Crippen MR) is 76.5 cm³/mol. The lowest BCUT2D eigenvalue weighted by atomic mass is 10.0. The van der Waals surface area contributed by atoms with E-state index in [4.69, 9.17) is 4.74 Å². The van der Waals surface area contributed by atoms with Crippen molar-refractivity contribution in [2.24, 2.45) is 0 Å². The van der Waals surface area contributed by atoms with Crippen LogP contribution in [0.25, 0.3) is 11.3 Å². The number of pyridine rings is 2. The number of benzene rings is 1. The van der Waals surface area contributed by atoms with Crippen LogP contribution in [0, 0.1) is 11.6 Å². The predicted octanol–water partition coefficient (Wildman–Crippen LogP) is 1.90. The second-order valence-corrected chi connectivity index (χ2v) is 5.72. The van der Waals surface area contributed by atoms with Crippen LogP contribution in [-0.2, 0) is 10.6 Å². The van der Waals surface area contributed by atoms with Crippen LogP contribution < -0.4 is 9.13 Å². The second-order valence-electron chi connectivity index (χ2n) is 5.72. The summed E-state index contributed by atoms with van der Waals surface area (Å²) in [5.74, 6) is -3.42. The zero-order valence-corrected chi connectivity index (χ0v) is 12.2. The van der Waals surface area contributed by atoms with Crippen molar-refractivity contribution in [1.29, 1.82) is 0 Å². The number of nitrogens with zero attached hydrogens (tertiary/aromatic N) is 2. The largest absolute Gasteiger partial charge is 0.558 e. The Labute approximate surface area is 135 Å². The molecule has 24 heavy (non-hydrogen) atoms. The van der Waals surface area contributed by atoms with Gasteiger partial charge < -0.3 is 4.74 Å². The lowest BCUT2D eigenvalue weighted by Gasteiger charge is -2.12. The summed E-state index contributed by atoms with van der Waals surface area (Å²) >= 11 is 0. The standard InChI is InChI=1S/C18H10F2N2O2/c19-11-9-12-16(13(20)10-11)14-5-1-3-7-21(14)18(12)22-8-4-2-6-15(22)17(23)24-18/h1-10H/q+2/t18-/m1/s1. The Balaban J connectivity index is 1.98. The fraction of sp³-hybridized carbons (Fsp3) is 0.0556. The number of fused-ring (bicyclic) bond motifs is 7. The fourth-order valence-corrected chi connectivity index (χ4v) is 3.59. The van der Waals surface area contributed by atoms with E-state index in [2.05, 4.69) is 0 Å². The number of ether oxygens (including phenoxy) is 1. The first-order chi connectivity index (χ1) is 11.6. The summed E-state index contributed by atoms with van der Waals surface area (Å²) < 4.78 is 37.4. The molecule has 5 rings (SSSR count). The van der Waals surface area contributed by atoms with E-state index in [0.29, 0.717) is 11.4 Å². The van der Waals surface area contributed by atoms with Gasteiger partial charge >= 0.3 is 17.5 Å². The minimum Gasteiger partial charge on any atom is -0.331 e. The number of esters is 1. The van der Waals surface area contributed by atoms with Crippen LogP contribution in [0.1, 0.15) is 16.1 Å². The molecule has 2 aliphatic heterocycles. The average molecular weight is 324 g/mol. The zero-order chi connectivity index (χ0) is 16.5. The van der Waals surface area contributed by atoms with Gasteiger partial charge in [-0.1, -0.05) is 9.13 Å². The summed E-state index contributed by atoms with van der Waals surface area (Å²) in [5, 5.41) is 0. The smallest absolute Gasteiger partial charge is 0.331 e. The summed E-state index contributed by atoms with van der Waals surface area (Å²) in [6.07, 6.45) is 3.36. The minimum absolute atomic E-state index is 0.231. The van der Waals surface area contributed by atoms with Gasteiger partial charge in [0.25, 0.3) is 0 Å². The van der Waals surface area contributed by atoms with Gasteiger partial charge in [-0.25, -0.2) is 13.6 Å². The number of carbonyl (C=O) groups is 1. The molecule has 0 saturated carbocycles. The van der Waals surface area contributed by atoms with Crippen molar-refractivity contribution in [1.82, 2.24) is 0 Å². The zero-order valence-electron chi connectivity index (χ0n) is 12.2. The van der Waals surface area contributed by atoms with Crippen molar-refractivity contribution in [3.63, 3.8) is 0 Å². The van der Waals surface area contributed by atoms with Crippen LogP contribution >= 0.6 is 0 Å². The summed E-state index contributed by atoms with van der Waals surface area (Å²) in [4.78, 5) is 12.4. The lowest BCUT2D eigenvalue weighted by molar-refractivity contribution is -1.00. The van der Waals surface area contributed by atoms with Crippen molar-refractivity contribution in [3.8, 4) is 11.3 Å². The number of carbonyl (C=O) groups excluding carboxylic acids is 1. The van der Waals surface area contributed by atoms with Gasteiger partial charge in [0.2, 0.25) is 5.69 Å². The molecular formula is C18H10F2N2O2+2. The van der Waals surface area contributed by atoms with Crippen molar-refractivity contribution >= 4 is 5.97 Å². The van der Waals surface area contributed by atoms with E-state index in [9.17, 15) is 13.6 Å². The van der Waals surface area contributed by atoms with E-state index in [1.807, 2.05) is 0 Å². The maximum Gasteiger partial charge on any atom is 0.558 e. The first-order valence-electron chi connectivity index (χ1n) is 7.38. The molecule has 4 nitrogen and oxygen atoms in total. The SMILES string of the molecule is O=C1O[C@@]2(c3cc(F)cc(F)c3-c3cccc[n+]32)[n+]2ccccc21. The molecule has 116 valence electrons. The summed E-state index contributed by atoms with van der Waals surface area (Å²) in [6, 6.07) is 12.3. The Kier molecular flexibility index (Phi) is 2.34. The molecule has 0 aliphatic carbocycles. The highest BCUT2D eigenvalue weighted by molar-refractivity contribution is 5.87. The molecular weight excluding hydrogens is 314 g/mol. The van der Waals surface area contributed by atoms with Crippen LogP contribution in [-0.4, -0.2) is 5.97 Å². The van der Waals surface area contributed by atoms with Crippen LogP contribution in [0.15, 0.2) is 60.9 Å². The van der Waals surface area contributed by atoms with Gasteiger partial charge in [-0.15, -0.1) is 0 Å². The first kappa shape index (κ1) is 13.3. The molecule has 3 aromatic rings. The Hall–Kier alpha value is -3.15. The molecule has 0 amide bonds. The maximum atomic E-state index is 14.5. The normalized spacial score (nSPS) is 19.8. The number of rotatable bonds is 0. The highest BCUT2D eigenvalue weighted by Gasteiger charge is 2.70. The summed E-state index contributed by atoms with van der Waals surface area (Å²) in [7, 11) is 0. The Morgan fingerprint density at radius 1 is 0.917 bits per heavy atom. The van der Waals surface area contributed by atoms with E-state index in [-0.39, 0.29) is 11.1 Å². The molecule has 1 atom stereocenters. The van der Waals surface area contributed by atoms with Crippen molar-refractivity contribution in [3.05, 3.63) is 83.8 Å². The monoisotopic (exact) mass is 324 g/mol. The lowest BCUT2D eigenvalue weighted by Crippen LogP contribution is -2.71. The van der Waals surface area contributed by atoms with Crippen molar-refractivity contribution in [2.75, 3.05) is 0 Å². The maximum absolute atomic E-state index is 14.5. The number of hydrogen-bond acceptors (Lipinski definition) is 2. The quantitative estimate of drug-likeness (QED) is 0.467. The molecule has 1 spiro atoms. The average Bonchev–Trinajstić information content (AvgIpc) is 3.03. The molecule has 6 heteroatoms. The molecule has 4 heterocycles. The number of halogens is 2. The van der Waals surface area contributed by atoms with E-state index in [0.717, 1.165) is 6.07 Å². The third-order valence-electron chi connectivity index (χ3n) is 4.48. The molecule has 0 radical (unpaired) electrons. The molecule has 2 aliphatic rings. The Morgan fingerprint density at radius 3 is 2.33 bits per heavy atom. The molecule has 2 aromatic heterocycles. The van der Waals surface area contributed by atoms with E-state index in [1.54, 1.807) is 57.9 Å². The van der Waals surface area contributed by atoms with Gasteiger partial charge in [-0.2, -0.15) is 0 Å². The van der Waals surface area contributed by atoms with Crippen LogP contribution in [0.4, 0.5) is 8.78 Å². The van der Waals surface area contributed by atoms with Crippen LogP contribution in [0.5, 0.6) is 0 Å². The van der Waals surface area contributed by atoms with Gasteiger partial charge in [0.15, 0.2) is 18.0 Å². The molecule has 0 N–H and O–H groups in total. The molecule has 0 saturated heterocycles. The summed E-state index contributed by atoms with van der Waals surface area (Å²) in [6.45, 7) is 0. The van der Waals surface area contributed by atoms with Gasteiger partial charge in [0.05, 0.1) is 0 Å². The minimum atomic E-state index is -1.46. The third kappa shape index (κ3) is 1.39. The van der Waals surface area contributed by atoms with Crippen molar-refractivity contribution in [2.45, 2.75) is 5.85 Å². The van der Waals surface area contributed by atoms with E-state index >= 15 is 0 Å². The topological polar surface area (TPSA) is 34.1 Å². The van der Waals surface area contributed by atoms with Crippen molar-refractivity contribution < 1.29 is 27.4 Å². The second kappa shape index (κ2) is 4.23. The molecule has 0 unspecified atom stereocenters. The Bertz CT molecular complexity index is 1050. The van der Waals surface area contributed by atoms with Gasteiger partial charge in [0.1, 0.15) is 17.2 Å². The highest BCUT2D eigenvalue weighted by atomic mass is 19.1. The van der Waals surface area contributed by atoms with Gasteiger partial charge in [-0.3, -0.25) is 0 Å². The van der Waals surface area contributed by atoms with E-state index in [1.165, 1.54) is 6.07 Å². The van der Waals surface area contributed by atoms with Crippen LogP contribution in [0.2, 0.25) is 0 Å². The number of hydrogen-bond donors (Lipinski definition) is 0. The summed E-state index contributed by atoms with van der Waals surface area (Å²) in [5.41, 5.74) is 1.32. The fourth-order valence-electron chi connectivity index (χ4n) is 3.59. The van der Waals surface area contributed by atoms with Crippen LogP contribution in [0.3, 0.4) is 0 Å². The van der Waals surface area contributed by atoms with Gasteiger partial charge in [0, 0.05) is 30.3 Å². The van der Waals surface area contributed by atoms with E-state index < -0.39 is 23.5 Å². The number of aromatic nitrogens is 2. The first-order valence-corrected chi connectivity index (χ1v) is 7.38.